The van der Waals surface area contributed by atoms with Gasteiger partial charge in [-0.1, -0.05) is 24.3 Å². The fourth-order valence-electron chi connectivity index (χ4n) is 1.83. The molecular formula is C15H20IN5. The normalized spacial score (nSPS) is 10.8. The van der Waals surface area contributed by atoms with Gasteiger partial charge in [0, 0.05) is 25.4 Å². The molecule has 1 heterocycles. The summed E-state index contributed by atoms with van der Waals surface area (Å²) in [7, 11) is 1.91. The van der Waals surface area contributed by atoms with Crippen molar-refractivity contribution in [1.82, 2.24) is 15.1 Å². The zero-order valence-corrected chi connectivity index (χ0v) is 14.3. The van der Waals surface area contributed by atoms with Gasteiger partial charge in [0.25, 0.3) is 0 Å². The van der Waals surface area contributed by atoms with Gasteiger partial charge < -0.3 is 11.1 Å². The van der Waals surface area contributed by atoms with Crippen LogP contribution < -0.4 is 11.1 Å². The topological polar surface area (TPSA) is 68.2 Å². The van der Waals surface area contributed by atoms with Crippen molar-refractivity contribution in [2.75, 3.05) is 6.54 Å². The molecule has 0 amide bonds. The molecule has 0 aliphatic heterocycles. The average molecular weight is 397 g/mol. The second-order valence-corrected chi connectivity index (χ2v) is 4.47. The van der Waals surface area contributed by atoms with E-state index < -0.39 is 0 Å². The van der Waals surface area contributed by atoms with Crippen molar-refractivity contribution >= 4 is 29.9 Å². The number of aryl methyl sites for hydroxylation is 1. The maximum Gasteiger partial charge on any atom is 0.189 e. The summed E-state index contributed by atoms with van der Waals surface area (Å²) < 4.78 is 1.79. The number of halogens is 1. The molecular weight excluding hydrogens is 377 g/mol. The standard InChI is InChI=1S/C15H19N5.HI/c1-3-7-17-15(16)18-9-12-5-4-6-13(8-12)14-10-19-20(2)11-14;/h3-6,8,10-11H,1,7,9H2,2H3,(H3,16,17,18);1H. The van der Waals surface area contributed by atoms with Gasteiger partial charge in [0.15, 0.2) is 5.96 Å². The molecule has 0 spiro atoms. The van der Waals surface area contributed by atoms with Crippen molar-refractivity contribution in [1.29, 1.82) is 0 Å². The number of hydrogen-bond donors (Lipinski definition) is 2. The van der Waals surface area contributed by atoms with Crippen LogP contribution in [0.25, 0.3) is 11.1 Å². The highest BCUT2D eigenvalue weighted by molar-refractivity contribution is 14.0. The number of benzene rings is 1. The van der Waals surface area contributed by atoms with Crippen LogP contribution in [-0.4, -0.2) is 22.3 Å². The summed E-state index contributed by atoms with van der Waals surface area (Å²) in [6.45, 7) is 4.78. The molecule has 3 N–H and O–H groups in total. The van der Waals surface area contributed by atoms with Crippen LogP contribution in [0.1, 0.15) is 5.56 Å². The van der Waals surface area contributed by atoms with Crippen molar-refractivity contribution < 1.29 is 0 Å². The smallest absolute Gasteiger partial charge is 0.189 e. The number of aliphatic imine (C=N–C) groups is 1. The van der Waals surface area contributed by atoms with Crippen LogP contribution in [-0.2, 0) is 13.6 Å². The van der Waals surface area contributed by atoms with E-state index in [-0.39, 0.29) is 24.0 Å². The Kier molecular flexibility index (Phi) is 6.93. The molecule has 1 aromatic heterocycles. The fourth-order valence-corrected chi connectivity index (χ4v) is 1.83. The number of guanidine groups is 1. The first-order valence-electron chi connectivity index (χ1n) is 6.41. The van der Waals surface area contributed by atoms with Crippen LogP contribution in [0.15, 0.2) is 54.3 Å². The first-order valence-corrected chi connectivity index (χ1v) is 6.41. The number of hydrogen-bond acceptors (Lipinski definition) is 2. The molecule has 0 saturated carbocycles. The zero-order chi connectivity index (χ0) is 14.4. The third-order valence-corrected chi connectivity index (χ3v) is 2.82. The molecule has 0 aliphatic rings. The Morgan fingerprint density at radius 1 is 1.48 bits per heavy atom. The van der Waals surface area contributed by atoms with E-state index in [1.54, 1.807) is 10.8 Å². The Morgan fingerprint density at radius 2 is 2.29 bits per heavy atom. The zero-order valence-electron chi connectivity index (χ0n) is 12.0. The minimum atomic E-state index is 0. The largest absolute Gasteiger partial charge is 0.370 e. The molecule has 112 valence electrons. The molecule has 2 aromatic rings. The molecule has 2 rings (SSSR count). The van der Waals surface area contributed by atoms with Crippen molar-refractivity contribution in [3.8, 4) is 11.1 Å². The number of aromatic nitrogens is 2. The van der Waals surface area contributed by atoms with Gasteiger partial charge in [0.2, 0.25) is 0 Å². The van der Waals surface area contributed by atoms with Crippen molar-refractivity contribution in [3.63, 3.8) is 0 Å². The molecule has 1 aromatic carbocycles. The molecule has 0 saturated heterocycles. The Labute approximate surface area is 142 Å². The third kappa shape index (κ3) is 5.22. The van der Waals surface area contributed by atoms with Gasteiger partial charge in [-0.25, -0.2) is 4.99 Å². The van der Waals surface area contributed by atoms with E-state index in [1.165, 1.54) is 0 Å². The highest BCUT2D eigenvalue weighted by Gasteiger charge is 2.01. The maximum absolute atomic E-state index is 5.74. The minimum Gasteiger partial charge on any atom is -0.370 e. The van der Waals surface area contributed by atoms with E-state index in [9.17, 15) is 0 Å². The fraction of sp³-hybridized carbons (Fsp3) is 0.200. The monoisotopic (exact) mass is 397 g/mol. The molecule has 0 radical (unpaired) electrons. The van der Waals surface area contributed by atoms with Crippen LogP contribution in [0, 0.1) is 0 Å². The lowest BCUT2D eigenvalue weighted by atomic mass is 10.1. The SMILES string of the molecule is C=CCNC(N)=NCc1cccc(-c2cnn(C)c2)c1.I. The van der Waals surface area contributed by atoms with Gasteiger partial charge in [-0.2, -0.15) is 5.10 Å². The lowest BCUT2D eigenvalue weighted by molar-refractivity contribution is 0.768. The quantitative estimate of drug-likeness (QED) is 0.352. The van der Waals surface area contributed by atoms with E-state index in [4.69, 9.17) is 5.73 Å². The summed E-state index contributed by atoms with van der Waals surface area (Å²) in [6, 6.07) is 8.20. The van der Waals surface area contributed by atoms with Crippen LogP contribution >= 0.6 is 24.0 Å². The van der Waals surface area contributed by atoms with Crippen LogP contribution in [0.2, 0.25) is 0 Å². The first kappa shape index (κ1) is 17.2. The van der Waals surface area contributed by atoms with E-state index in [2.05, 4.69) is 34.1 Å². The summed E-state index contributed by atoms with van der Waals surface area (Å²) in [5.41, 5.74) is 9.07. The predicted molar refractivity (Wildman–Crippen MR) is 97.6 cm³/mol. The molecule has 5 nitrogen and oxygen atoms in total. The number of nitrogens with one attached hydrogen (secondary N) is 1. The van der Waals surface area contributed by atoms with E-state index in [0.717, 1.165) is 16.7 Å². The van der Waals surface area contributed by atoms with Gasteiger partial charge in [0.05, 0.1) is 12.7 Å². The minimum absolute atomic E-state index is 0. The van der Waals surface area contributed by atoms with E-state index >= 15 is 0 Å². The predicted octanol–water partition coefficient (Wildman–Crippen LogP) is 2.30. The second kappa shape index (κ2) is 8.46. The summed E-state index contributed by atoms with van der Waals surface area (Å²) in [5.74, 6) is 0.427. The lowest BCUT2D eigenvalue weighted by Gasteiger charge is -2.04. The highest BCUT2D eigenvalue weighted by Crippen LogP contribution is 2.19. The number of rotatable bonds is 5. The lowest BCUT2D eigenvalue weighted by Crippen LogP contribution is -2.31. The Hall–Kier alpha value is -1.83. The summed E-state index contributed by atoms with van der Waals surface area (Å²) in [4.78, 5) is 4.29. The molecule has 0 atom stereocenters. The summed E-state index contributed by atoms with van der Waals surface area (Å²) >= 11 is 0. The van der Waals surface area contributed by atoms with Crippen molar-refractivity contribution in [2.45, 2.75) is 6.54 Å². The summed E-state index contributed by atoms with van der Waals surface area (Å²) in [5, 5.41) is 7.13. The Bertz CT molecular complexity index is 618. The molecule has 0 unspecified atom stereocenters. The van der Waals surface area contributed by atoms with Gasteiger partial charge in [-0.05, 0) is 17.2 Å². The van der Waals surface area contributed by atoms with Gasteiger partial charge in [0.1, 0.15) is 0 Å². The van der Waals surface area contributed by atoms with Gasteiger partial charge in [-0.3, -0.25) is 4.68 Å². The van der Waals surface area contributed by atoms with Crippen LogP contribution in [0.5, 0.6) is 0 Å². The Morgan fingerprint density at radius 3 is 2.95 bits per heavy atom. The number of nitrogens with two attached hydrogens (primary N) is 1. The van der Waals surface area contributed by atoms with E-state index in [0.29, 0.717) is 19.0 Å². The second-order valence-electron chi connectivity index (χ2n) is 4.47. The highest BCUT2D eigenvalue weighted by atomic mass is 127. The van der Waals surface area contributed by atoms with Crippen LogP contribution in [0.3, 0.4) is 0 Å². The van der Waals surface area contributed by atoms with Gasteiger partial charge in [-0.15, -0.1) is 30.6 Å². The molecule has 0 aliphatic carbocycles. The van der Waals surface area contributed by atoms with Crippen LogP contribution in [0.4, 0.5) is 0 Å². The maximum atomic E-state index is 5.74. The average Bonchev–Trinajstić information content (AvgIpc) is 2.90. The molecule has 0 bridgehead atoms. The van der Waals surface area contributed by atoms with Gasteiger partial charge >= 0.3 is 0 Å². The first-order chi connectivity index (χ1) is 9.69. The van der Waals surface area contributed by atoms with Crippen molar-refractivity contribution in [2.24, 2.45) is 17.8 Å². The molecule has 6 heteroatoms. The Balaban J connectivity index is 0.00000220. The van der Waals surface area contributed by atoms with E-state index in [1.807, 2.05) is 31.6 Å². The summed E-state index contributed by atoms with van der Waals surface area (Å²) in [6.07, 6.45) is 5.58. The molecule has 0 fully saturated rings. The van der Waals surface area contributed by atoms with Crippen molar-refractivity contribution in [3.05, 3.63) is 54.9 Å². The third-order valence-electron chi connectivity index (χ3n) is 2.82. The number of nitrogens with zero attached hydrogens (tertiary/aromatic N) is 3. The molecule has 21 heavy (non-hydrogen) atoms.